The highest BCUT2D eigenvalue weighted by molar-refractivity contribution is 5.97. The Morgan fingerprint density at radius 1 is 1.43 bits per heavy atom. The summed E-state index contributed by atoms with van der Waals surface area (Å²) < 4.78 is 5.29. The second-order valence-corrected chi connectivity index (χ2v) is 5.47. The van der Waals surface area contributed by atoms with Gasteiger partial charge in [0.25, 0.3) is 5.91 Å². The molecule has 114 valence electrons. The lowest BCUT2D eigenvalue weighted by Crippen LogP contribution is -2.39. The van der Waals surface area contributed by atoms with Crippen molar-refractivity contribution in [2.75, 3.05) is 20.3 Å². The number of methoxy groups -OCH3 is 1. The van der Waals surface area contributed by atoms with E-state index in [4.69, 9.17) is 9.84 Å². The van der Waals surface area contributed by atoms with Crippen molar-refractivity contribution in [1.29, 1.82) is 0 Å². The van der Waals surface area contributed by atoms with Crippen molar-refractivity contribution in [1.82, 2.24) is 5.32 Å². The zero-order chi connectivity index (χ0) is 15.9. The number of carbonyl (C=O) groups is 1. The molecule has 4 heteroatoms. The third kappa shape index (κ3) is 5.58. The van der Waals surface area contributed by atoms with Crippen LogP contribution in [0, 0.1) is 18.8 Å². The van der Waals surface area contributed by atoms with E-state index in [1.807, 2.05) is 39.0 Å². The lowest BCUT2D eigenvalue weighted by molar-refractivity contribution is 0.0228. The summed E-state index contributed by atoms with van der Waals surface area (Å²) in [6.07, 6.45) is 0.394. The van der Waals surface area contributed by atoms with Crippen LogP contribution in [-0.4, -0.2) is 36.9 Å². The Morgan fingerprint density at radius 3 is 2.76 bits per heavy atom. The second-order valence-electron chi connectivity index (χ2n) is 5.47. The molecule has 0 atom stereocenters. The number of carbonyl (C=O) groups excluding carboxylic acids is 1. The third-order valence-electron chi connectivity index (χ3n) is 3.11. The lowest BCUT2D eigenvalue weighted by Gasteiger charge is -2.23. The first-order valence-electron chi connectivity index (χ1n) is 6.93. The predicted molar refractivity (Wildman–Crippen MR) is 83.2 cm³/mol. The van der Waals surface area contributed by atoms with Crippen LogP contribution in [0.15, 0.2) is 18.2 Å². The fourth-order valence-electron chi connectivity index (χ4n) is 1.63. The first-order valence-corrected chi connectivity index (χ1v) is 6.93. The molecule has 0 unspecified atom stereocenters. The van der Waals surface area contributed by atoms with Crippen molar-refractivity contribution in [3.63, 3.8) is 0 Å². The number of aliphatic hydroxyl groups excluding tert-OH is 1. The summed E-state index contributed by atoms with van der Waals surface area (Å²) in [5.41, 5.74) is 1.80. The fraction of sp³-hybridized carbons (Fsp3) is 0.471. The number of benzene rings is 1. The minimum atomic E-state index is -0.414. The molecule has 0 bridgehead atoms. The molecule has 21 heavy (non-hydrogen) atoms. The Balaban J connectivity index is 2.92. The molecule has 4 nitrogen and oxygen atoms in total. The first kappa shape index (κ1) is 17.2. The van der Waals surface area contributed by atoms with Gasteiger partial charge in [0.1, 0.15) is 0 Å². The number of hydrogen-bond acceptors (Lipinski definition) is 3. The van der Waals surface area contributed by atoms with E-state index in [2.05, 4.69) is 17.2 Å². The van der Waals surface area contributed by atoms with Crippen molar-refractivity contribution < 1.29 is 14.6 Å². The molecule has 0 saturated carbocycles. The summed E-state index contributed by atoms with van der Waals surface area (Å²) in [4.78, 5) is 12.3. The molecule has 2 N–H and O–H groups in total. The number of ether oxygens (including phenoxy) is 1. The quantitative estimate of drug-likeness (QED) is 0.814. The van der Waals surface area contributed by atoms with Gasteiger partial charge < -0.3 is 15.2 Å². The molecule has 0 aliphatic rings. The van der Waals surface area contributed by atoms with Gasteiger partial charge in [-0.25, -0.2) is 0 Å². The summed E-state index contributed by atoms with van der Waals surface area (Å²) in [5, 5.41) is 11.6. The monoisotopic (exact) mass is 289 g/mol. The molecule has 0 radical (unpaired) electrons. The van der Waals surface area contributed by atoms with Crippen molar-refractivity contribution in [3.05, 3.63) is 34.9 Å². The Morgan fingerprint density at radius 2 is 2.14 bits per heavy atom. The zero-order valence-electron chi connectivity index (χ0n) is 13.1. The molecule has 0 fully saturated rings. The van der Waals surface area contributed by atoms with Crippen molar-refractivity contribution in [3.8, 4) is 11.8 Å². The number of nitrogens with one attached hydrogen (secondary N) is 1. The highest BCUT2D eigenvalue weighted by Crippen LogP contribution is 2.12. The molecule has 0 aromatic heterocycles. The zero-order valence-corrected chi connectivity index (χ0v) is 13.1. The minimum Gasteiger partial charge on any atom is -0.395 e. The van der Waals surface area contributed by atoms with Crippen LogP contribution in [0.3, 0.4) is 0 Å². The van der Waals surface area contributed by atoms with E-state index in [0.29, 0.717) is 24.1 Å². The van der Waals surface area contributed by atoms with Crippen molar-refractivity contribution >= 4 is 5.91 Å². The largest absolute Gasteiger partial charge is 0.395 e. The maximum Gasteiger partial charge on any atom is 0.252 e. The molecule has 1 aromatic rings. The van der Waals surface area contributed by atoms with Crippen LogP contribution >= 0.6 is 0 Å². The van der Waals surface area contributed by atoms with Crippen LogP contribution in [0.1, 0.15) is 41.8 Å². The van der Waals surface area contributed by atoms with Gasteiger partial charge in [0.2, 0.25) is 0 Å². The average Bonchev–Trinajstić information content (AvgIpc) is 2.46. The van der Waals surface area contributed by atoms with Gasteiger partial charge in [-0.2, -0.15) is 0 Å². The molecular weight excluding hydrogens is 266 g/mol. The molecule has 1 rings (SSSR count). The highest BCUT2D eigenvalue weighted by Gasteiger charge is 2.19. The molecule has 0 aliphatic heterocycles. The Hall–Kier alpha value is -1.83. The third-order valence-corrected chi connectivity index (χ3v) is 3.11. The van der Waals surface area contributed by atoms with Crippen LogP contribution in [0.2, 0.25) is 0 Å². The van der Waals surface area contributed by atoms with Crippen LogP contribution < -0.4 is 5.32 Å². The van der Waals surface area contributed by atoms with E-state index in [9.17, 15) is 4.79 Å². The molecule has 0 heterocycles. The summed E-state index contributed by atoms with van der Waals surface area (Å²) in [5.74, 6) is 5.61. The highest BCUT2D eigenvalue weighted by atomic mass is 16.5. The summed E-state index contributed by atoms with van der Waals surface area (Å²) >= 11 is 0. The number of amides is 1. The van der Waals surface area contributed by atoms with Crippen LogP contribution in [-0.2, 0) is 4.74 Å². The van der Waals surface area contributed by atoms with E-state index in [-0.39, 0.29) is 12.5 Å². The van der Waals surface area contributed by atoms with Gasteiger partial charge in [0, 0.05) is 25.6 Å². The van der Waals surface area contributed by atoms with E-state index in [0.717, 1.165) is 5.56 Å². The summed E-state index contributed by atoms with van der Waals surface area (Å²) in [6.45, 7) is 6.18. The summed E-state index contributed by atoms with van der Waals surface area (Å²) in [6, 6.07) is 5.56. The second kappa shape index (κ2) is 7.82. The normalized spacial score (nSPS) is 10.7. The maximum absolute atomic E-state index is 12.3. The molecule has 1 amide bonds. The fourth-order valence-corrected chi connectivity index (χ4v) is 1.63. The summed E-state index contributed by atoms with van der Waals surface area (Å²) in [7, 11) is 1.62. The first-order chi connectivity index (χ1) is 9.89. The van der Waals surface area contributed by atoms with Gasteiger partial charge in [-0.1, -0.05) is 23.5 Å². The van der Waals surface area contributed by atoms with Gasteiger partial charge in [-0.15, -0.1) is 0 Å². The van der Waals surface area contributed by atoms with Crippen LogP contribution in [0.4, 0.5) is 0 Å². The van der Waals surface area contributed by atoms with Gasteiger partial charge in [-0.05, 0) is 32.9 Å². The standard InChI is InChI=1S/C17H23NO3/c1-13-8-9-14(7-5-6-10-19)15(11-13)16(20)18-12-17(2,3)21-4/h8-9,11,19H,6,10,12H2,1-4H3,(H,18,20). The molecule has 0 aliphatic carbocycles. The Labute approximate surface area is 126 Å². The van der Waals surface area contributed by atoms with Crippen molar-refractivity contribution in [2.45, 2.75) is 32.8 Å². The molecular formula is C17H23NO3. The average molecular weight is 289 g/mol. The van der Waals surface area contributed by atoms with E-state index >= 15 is 0 Å². The lowest BCUT2D eigenvalue weighted by atomic mass is 10.0. The van der Waals surface area contributed by atoms with Gasteiger partial charge >= 0.3 is 0 Å². The van der Waals surface area contributed by atoms with E-state index in [1.54, 1.807) is 7.11 Å². The van der Waals surface area contributed by atoms with Gasteiger partial charge in [-0.3, -0.25) is 4.79 Å². The van der Waals surface area contributed by atoms with E-state index < -0.39 is 5.60 Å². The van der Waals surface area contributed by atoms with E-state index in [1.165, 1.54) is 0 Å². The minimum absolute atomic E-state index is 0.0163. The maximum atomic E-state index is 12.3. The topological polar surface area (TPSA) is 58.6 Å². The number of aliphatic hydroxyl groups is 1. The SMILES string of the molecule is COC(C)(C)CNC(=O)c1cc(C)ccc1C#CCCO. The Kier molecular flexibility index (Phi) is 6.41. The van der Waals surface area contributed by atoms with Crippen LogP contribution in [0.5, 0.6) is 0 Å². The molecule has 1 aromatic carbocycles. The van der Waals surface area contributed by atoms with Gasteiger partial charge in [0.05, 0.1) is 17.8 Å². The van der Waals surface area contributed by atoms with Gasteiger partial charge in [0.15, 0.2) is 0 Å². The Bertz CT molecular complexity index is 553. The molecule has 0 saturated heterocycles. The number of hydrogen-bond donors (Lipinski definition) is 2. The van der Waals surface area contributed by atoms with Crippen LogP contribution in [0.25, 0.3) is 0 Å². The smallest absolute Gasteiger partial charge is 0.252 e. The number of aryl methyl sites for hydroxylation is 1. The van der Waals surface area contributed by atoms with Crippen molar-refractivity contribution in [2.24, 2.45) is 0 Å². The predicted octanol–water partition coefficient (Wildman–Crippen LogP) is 1.88. The number of rotatable bonds is 5. The molecule has 0 spiro atoms.